The number of halogens is 2. The van der Waals surface area contributed by atoms with E-state index in [1.807, 2.05) is 13.8 Å². The number of benzene rings is 1. The first-order valence-corrected chi connectivity index (χ1v) is 8.77. The molecule has 0 unspecified atom stereocenters. The molecule has 0 fully saturated rings. The van der Waals surface area contributed by atoms with E-state index in [0.29, 0.717) is 28.8 Å². The fourth-order valence-electron chi connectivity index (χ4n) is 2.13. The molecule has 7 heteroatoms. The monoisotopic (exact) mass is 366 g/mol. The van der Waals surface area contributed by atoms with Crippen molar-refractivity contribution < 1.29 is 18.3 Å². The molecule has 1 heterocycles. The standard InChI is InChI=1S/C18H20F2N2O2S/c1-12(2)25-17-15(4-3-10-22-17)16(23)21-11-9-13-5-7-14(8-6-13)24-18(19)20/h3-8,10,12,18H,9,11H2,1-2H3,(H,21,23). The summed E-state index contributed by atoms with van der Waals surface area (Å²) >= 11 is 1.54. The Kier molecular flexibility index (Phi) is 7.18. The lowest BCUT2D eigenvalue weighted by Gasteiger charge is -2.11. The summed E-state index contributed by atoms with van der Waals surface area (Å²) in [5, 5.41) is 3.91. The molecule has 1 aromatic heterocycles. The van der Waals surface area contributed by atoms with Crippen molar-refractivity contribution in [2.24, 2.45) is 0 Å². The molecule has 1 amide bonds. The first-order chi connectivity index (χ1) is 12.0. The SMILES string of the molecule is CC(C)Sc1ncccc1C(=O)NCCc1ccc(OC(F)F)cc1. The number of hydrogen-bond donors (Lipinski definition) is 1. The summed E-state index contributed by atoms with van der Waals surface area (Å²) in [5.41, 5.74) is 1.48. The van der Waals surface area contributed by atoms with Crippen LogP contribution < -0.4 is 10.1 Å². The van der Waals surface area contributed by atoms with E-state index in [0.717, 1.165) is 5.56 Å². The van der Waals surface area contributed by atoms with Gasteiger partial charge in [-0.05, 0) is 36.2 Å². The Hall–Kier alpha value is -2.15. The van der Waals surface area contributed by atoms with E-state index >= 15 is 0 Å². The van der Waals surface area contributed by atoms with Gasteiger partial charge >= 0.3 is 6.61 Å². The van der Waals surface area contributed by atoms with Crippen molar-refractivity contribution in [2.75, 3.05) is 6.54 Å². The summed E-state index contributed by atoms with van der Waals surface area (Å²) in [4.78, 5) is 16.6. The molecule has 25 heavy (non-hydrogen) atoms. The normalized spacial score (nSPS) is 11.0. The van der Waals surface area contributed by atoms with Crippen LogP contribution in [0, 0.1) is 0 Å². The molecule has 0 bridgehead atoms. The molecule has 0 atom stereocenters. The predicted molar refractivity (Wildman–Crippen MR) is 94.3 cm³/mol. The fraction of sp³-hybridized carbons (Fsp3) is 0.333. The maximum Gasteiger partial charge on any atom is 0.387 e. The molecule has 2 aromatic rings. The predicted octanol–water partition coefficient (Wildman–Crippen LogP) is 4.16. The van der Waals surface area contributed by atoms with Gasteiger partial charge in [-0.1, -0.05) is 26.0 Å². The van der Waals surface area contributed by atoms with Gasteiger partial charge in [-0.15, -0.1) is 11.8 Å². The van der Waals surface area contributed by atoms with Gasteiger partial charge in [0.25, 0.3) is 5.91 Å². The van der Waals surface area contributed by atoms with E-state index in [4.69, 9.17) is 0 Å². The van der Waals surface area contributed by atoms with Crippen LogP contribution in [0.2, 0.25) is 0 Å². The number of aromatic nitrogens is 1. The molecule has 0 aliphatic heterocycles. The smallest absolute Gasteiger partial charge is 0.387 e. The number of alkyl halides is 2. The van der Waals surface area contributed by atoms with Crippen LogP contribution in [0.5, 0.6) is 5.75 Å². The van der Waals surface area contributed by atoms with Crippen molar-refractivity contribution in [3.05, 3.63) is 53.7 Å². The van der Waals surface area contributed by atoms with Gasteiger partial charge in [0.05, 0.1) is 5.56 Å². The highest BCUT2D eigenvalue weighted by molar-refractivity contribution is 7.99. The molecule has 0 aliphatic carbocycles. The van der Waals surface area contributed by atoms with Gasteiger partial charge in [0.15, 0.2) is 0 Å². The second kappa shape index (κ2) is 9.36. The van der Waals surface area contributed by atoms with Crippen molar-refractivity contribution in [3.63, 3.8) is 0 Å². The second-order valence-electron chi connectivity index (χ2n) is 5.55. The molecule has 1 N–H and O–H groups in total. The van der Waals surface area contributed by atoms with E-state index < -0.39 is 6.61 Å². The van der Waals surface area contributed by atoms with E-state index in [9.17, 15) is 13.6 Å². The van der Waals surface area contributed by atoms with Crippen molar-refractivity contribution in [1.29, 1.82) is 0 Å². The Morgan fingerprint density at radius 3 is 2.60 bits per heavy atom. The van der Waals surface area contributed by atoms with Crippen molar-refractivity contribution in [3.8, 4) is 5.75 Å². The van der Waals surface area contributed by atoms with E-state index in [1.54, 1.807) is 42.2 Å². The molecule has 0 radical (unpaired) electrons. The molecule has 134 valence electrons. The minimum Gasteiger partial charge on any atom is -0.435 e. The third-order valence-electron chi connectivity index (χ3n) is 3.21. The number of pyridine rings is 1. The zero-order chi connectivity index (χ0) is 18.2. The number of amides is 1. The van der Waals surface area contributed by atoms with Gasteiger partial charge in [0.1, 0.15) is 10.8 Å². The van der Waals surface area contributed by atoms with Crippen LogP contribution in [0.1, 0.15) is 29.8 Å². The van der Waals surface area contributed by atoms with Gasteiger partial charge in [0, 0.05) is 18.0 Å². The Balaban J connectivity index is 1.88. The lowest BCUT2D eigenvalue weighted by Crippen LogP contribution is -2.26. The highest BCUT2D eigenvalue weighted by Crippen LogP contribution is 2.24. The third-order valence-corrected chi connectivity index (χ3v) is 4.23. The maximum atomic E-state index is 12.3. The average Bonchev–Trinajstić information content (AvgIpc) is 2.56. The van der Waals surface area contributed by atoms with Gasteiger partial charge in [0.2, 0.25) is 0 Å². The molecule has 0 saturated heterocycles. The number of thioether (sulfide) groups is 1. The van der Waals surface area contributed by atoms with Crippen molar-refractivity contribution in [2.45, 2.75) is 37.2 Å². The number of nitrogens with zero attached hydrogens (tertiary/aromatic N) is 1. The molecule has 1 aromatic carbocycles. The molecule has 4 nitrogen and oxygen atoms in total. The number of hydrogen-bond acceptors (Lipinski definition) is 4. The van der Waals surface area contributed by atoms with Crippen LogP contribution in [-0.4, -0.2) is 29.3 Å². The van der Waals surface area contributed by atoms with Gasteiger partial charge < -0.3 is 10.1 Å². The lowest BCUT2D eigenvalue weighted by atomic mass is 10.1. The lowest BCUT2D eigenvalue weighted by molar-refractivity contribution is -0.0498. The highest BCUT2D eigenvalue weighted by Gasteiger charge is 2.13. The van der Waals surface area contributed by atoms with Crippen LogP contribution in [0.25, 0.3) is 0 Å². The largest absolute Gasteiger partial charge is 0.435 e. The molecule has 0 saturated carbocycles. The number of carbonyl (C=O) groups is 1. The summed E-state index contributed by atoms with van der Waals surface area (Å²) in [6.45, 7) is 1.70. The first-order valence-electron chi connectivity index (χ1n) is 7.89. The van der Waals surface area contributed by atoms with E-state index in [-0.39, 0.29) is 11.7 Å². The molecule has 0 spiro atoms. The molecule has 2 rings (SSSR count). The highest BCUT2D eigenvalue weighted by atomic mass is 32.2. The average molecular weight is 366 g/mol. The third kappa shape index (κ3) is 6.34. The number of nitrogens with one attached hydrogen (secondary N) is 1. The summed E-state index contributed by atoms with van der Waals surface area (Å²) in [6, 6.07) is 9.87. The van der Waals surface area contributed by atoms with Crippen LogP contribution in [0.3, 0.4) is 0 Å². The zero-order valence-electron chi connectivity index (χ0n) is 14.0. The van der Waals surface area contributed by atoms with Gasteiger partial charge in [-0.2, -0.15) is 8.78 Å². The molecular weight excluding hydrogens is 346 g/mol. The minimum atomic E-state index is -2.83. The quantitative estimate of drug-likeness (QED) is 0.713. The Morgan fingerprint density at radius 1 is 1.24 bits per heavy atom. The van der Waals surface area contributed by atoms with Gasteiger partial charge in [-0.3, -0.25) is 4.79 Å². The number of ether oxygens (including phenoxy) is 1. The second-order valence-corrected chi connectivity index (χ2v) is 7.12. The van der Waals surface area contributed by atoms with Crippen LogP contribution in [0.15, 0.2) is 47.6 Å². The van der Waals surface area contributed by atoms with Crippen molar-refractivity contribution in [1.82, 2.24) is 10.3 Å². The molecule has 0 aliphatic rings. The maximum absolute atomic E-state index is 12.3. The molecular formula is C18H20F2N2O2S. The van der Waals surface area contributed by atoms with Crippen LogP contribution in [0.4, 0.5) is 8.78 Å². The van der Waals surface area contributed by atoms with E-state index in [1.165, 1.54) is 12.1 Å². The topological polar surface area (TPSA) is 51.2 Å². The Morgan fingerprint density at radius 2 is 1.96 bits per heavy atom. The van der Waals surface area contributed by atoms with Crippen LogP contribution >= 0.6 is 11.8 Å². The summed E-state index contributed by atoms with van der Waals surface area (Å²) in [6.07, 6.45) is 2.26. The van der Waals surface area contributed by atoms with Crippen molar-refractivity contribution >= 4 is 17.7 Å². The van der Waals surface area contributed by atoms with Gasteiger partial charge in [-0.25, -0.2) is 4.98 Å². The summed E-state index contributed by atoms with van der Waals surface area (Å²) < 4.78 is 28.5. The first kappa shape index (κ1) is 19.2. The zero-order valence-corrected chi connectivity index (χ0v) is 14.9. The minimum absolute atomic E-state index is 0.119. The van der Waals surface area contributed by atoms with E-state index in [2.05, 4.69) is 15.0 Å². The van der Waals surface area contributed by atoms with Crippen LogP contribution in [-0.2, 0) is 6.42 Å². The number of carbonyl (C=O) groups excluding carboxylic acids is 1. The summed E-state index contributed by atoms with van der Waals surface area (Å²) in [7, 11) is 0. The Bertz CT molecular complexity index is 694. The Labute approximate surface area is 150 Å². The number of rotatable bonds is 8. The summed E-state index contributed by atoms with van der Waals surface area (Å²) in [5.74, 6) is -0.0533. The fourth-order valence-corrected chi connectivity index (χ4v) is 2.99.